The van der Waals surface area contributed by atoms with Crippen LogP contribution in [0.5, 0.6) is 0 Å². The van der Waals surface area contributed by atoms with E-state index in [1.807, 2.05) is 0 Å². The molecule has 0 aromatic rings. The van der Waals surface area contributed by atoms with Gasteiger partial charge < -0.3 is 19.7 Å². The SMILES string of the molecule is COCCCNC[C@]1(CN(C)C)CCOC(C)(C)C1. The van der Waals surface area contributed by atoms with Gasteiger partial charge in [0.2, 0.25) is 0 Å². The third kappa shape index (κ3) is 6.21. The molecule has 19 heavy (non-hydrogen) atoms. The van der Waals surface area contributed by atoms with Gasteiger partial charge in [0.15, 0.2) is 0 Å². The molecular weight excluding hydrogens is 240 g/mol. The van der Waals surface area contributed by atoms with E-state index in [9.17, 15) is 0 Å². The Kier molecular flexibility index (Phi) is 6.74. The van der Waals surface area contributed by atoms with Crippen LogP contribution < -0.4 is 5.32 Å². The van der Waals surface area contributed by atoms with Crippen molar-refractivity contribution < 1.29 is 9.47 Å². The summed E-state index contributed by atoms with van der Waals surface area (Å²) in [6, 6.07) is 0. The molecule has 0 amide bonds. The molecule has 1 rings (SSSR count). The first-order valence-corrected chi connectivity index (χ1v) is 7.38. The smallest absolute Gasteiger partial charge is 0.0632 e. The molecule has 1 N–H and O–H groups in total. The van der Waals surface area contributed by atoms with Gasteiger partial charge >= 0.3 is 0 Å². The summed E-state index contributed by atoms with van der Waals surface area (Å²) in [6.07, 6.45) is 3.34. The Morgan fingerprint density at radius 1 is 1.32 bits per heavy atom. The highest BCUT2D eigenvalue weighted by atomic mass is 16.5. The molecule has 0 saturated carbocycles. The van der Waals surface area contributed by atoms with Gasteiger partial charge in [0.1, 0.15) is 0 Å². The molecule has 114 valence electrons. The van der Waals surface area contributed by atoms with Crippen LogP contribution in [0.1, 0.15) is 33.1 Å². The molecule has 0 aliphatic carbocycles. The molecule has 0 bridgehead atoms. The Morgan fingerprint density at radius 2 is 2.05 bits per heavy atom. The third-order valence-corrected chi connectivity index (χ3v) is 3.78. The van der Waals surface area contributed by atoms with Gasteiger partial charge in [0.05, 0.1) is 5.60 Å². The zero-order valence-corrected chi connectivity index (χ0v) is 13.4. The van der Waals surface area contributed by atoms with Crippen molar-refractivity contribution in [1.82, 2.24) is 10.2 Å². The van der Waals surface area contributed by atoms with Crippen LogP contribution in [0.25, 0.3) is 0 Å². The summed E-state index contributed by atoms with van der Waals surface area (Å²) in [6.45, 7) is 9.36. The minimum atomic E-state index is 0.00245. The van der Waals surface area contributed by atoms with Crippen LogP contribution in [0.3, 0.4) is 0 Å². The van der Waals surface area contributed by atoms with E-state index in [4.69, 9.17) is 9.47 Å². The molecule has 0 spiro atoms. The minimum absolute atomic E-state index is 0.00245. The van der Waals surface area contributed by atoms with E-state index in [-0.39, 0.29) is 5.60 Å². The maximum Gasteiger partial charge on any atom is 0.0632 e. The van der Waals surface area contributed by atoms with Crippen molar-refractivity contribution in [2.24, 2.45) is 5.41 Å². The van der Waals surface area contributed by atoms with Gasteiger partial charge in [-0.2, -0.15) is 0 Å². The second kappa shape index (κ2) is 7.58. The molecule has 1 aliphatic rings. The number of nitrogens with zero attached hydrogens (tertiary/aromatic N) is 1. The minimum Gasteiger partial charge on any atom is -0.385 e. The third-order valence-electron chi connectivity index (χ3n) is 3.78. The maximum absolute atomic E-state index is 5.88. The van der Waals surface area contributed by atoms with Gasteiger partial charge in [0.25, 0.3) is 0 Å². The molecule has 1 atom stereocenters. The van der Waals surface area contributed by atoms with Gasteiger partial charge in [0, 0.05) is 38.8 Å². The molecule has 1 saturated heterocycles. The number of hydrogen-bond acceptors (Lipinski definition) is 4. The van der Waals surface area contributed by atoms with Gasteiger partial charge in [-0.1, -0.05) is 0 Å². The quantitative estimate of drug-likeness (QED) is 0.683. The van der Waals surface area contributed by atoms with Crippen molar-refractivity contribution in [3.05, 3.63) is 0 Å². The lowest BCUT2D eigenvalue weighted by atomic mass is 9.73. The Hall–Kier alpha value is -0.160. The molecule has 4 heteroatoms. The van der Waals surface area contributed by atoms with E-state index >= 15 is 0 Å². The second-order valence-corrected chi connectivity index (χ2v) is 6.80. The summed E-state index contributed by atoms with van der Waals surface area (Å²) in [4.78, 5) is 2.30. The fourth-order valence-electron chi connectivity index (χ4n) is 3.29. The lowest BCUT2D eigenvalue weighted by molar-refractivity contribution is -0.109. The number of ether oxygens (including phenoxy) is 2. The van der Waals surface area contributed by atoms with Crippen molar-refractivity contribution in [2.45, 2.75) is 38.7 Å². The topological polar surface area (TPSA) is 33.7 Å². The first-order chi connectivity index (χ1) is 8.89. The Labute approximate surface area is 118 Å². The fraction of sp³-hybridized carbons (Fsp3) is 1.00. The van der Waals surface area contributed by atoms with Gasteiger partial charge in [-0.05, 0) is 53.8 Å². The summed E-state index contributed by atoms with van der Waals surface area (Å²) in [5.41, 5.74) is 0.334. The number of nitrogens with one attached hydrogen (secondary N) is 1. The lowest BCUT2D eigenvalue weighted by Gasteiger charge is -2.46. The van der Waals surface area contributed by atoms with Crippen molar-refractivity contribution >= 4 is 0 Å². The van der Waals surface area contributed by atoms with Crippen molar-refractivity contribution in [2.75, 3.05) is 54.1 Å². The largest absolute Gasteiger partial charge is 0.385 e. The highest BCUT2D eigenvalue weighted by Gasteiger charge is 2.40. The summed E-state index contributed by atoms with van der Waals surface area (Å²) in [5.74, 6) is 0. The number of rotatable bonds is 8. The van der Waals surface area contributed by atoms with Crippen molar-refractivity contribution in [1.29, 1.82) is 0 Å². The summed E-state index contributed by atoms with van der Waals surface area (Å²) >= 11 is 0. The van der Waals surface area contributed by atoms with Crippen LogP contribution in [-0.2, 0) is 9.47 Å². The average Bonchev–Trinajstić information content (AvgIpc) is 2.26. The van der Waals surface area contributed by atoms with Crippen LogP contribution in [-0.4, -0.2) is 64.6 Å². The van der Waals surface area contributed by atoms with Crippen LogP contribution in [0.2, 0.25) is 0 Å². The molecule has 0 unspecified atom stereocenters. The highest BCUT2D eigenvalue weighted by molar-refractivity contribution is 4.93. The van der Waals surface area contributed by atoms with Crippen LogP contribution in [0, 0.1) is 5.41 Å². The second-order valence-electron chi connectivity index (χ2n) is 6.80. The van der Waals surface area contributed by atoms with E-state index in [1.165, 1.54) is 0 Å². The molecule has 1 fully saturated rings. The predicted molar refractivity (Wildman–Crippen MR) is 79.6 cm³/mol. The monoisotopic (exact) mass is 272 g/mol. The van der Waals surface area contributed by atoms with Gasteiger partial charge in [-0.3, -0.25) is 0 Å². The Bertz CT molecular complexity index is 257. The van der Waals surface area contributed by atoms with Crippen LogP contribution in [0.4, 0.5) is 0 Å². The normalized spacial score (nSPS) is 26.8. The number of methoxy groups -OCH3 is 1. The van der Waals surface area contributed by atoms with E-state index < -0.39 is 0 Å². The van der Waals surface area contributed by atoms with Crippen LogP contribution >= 0.6 is 0 Å². The van der Waals surface area contributed by atoms with E-state index in [0.29, 0.717) is 5.41 Å². The van der Waals surface area contributed by atoms with Crippen LogP contribution in [0.15, 0.2) is 0 Å². The molecule has 4 nitrogen and oxygen atoms in total. The molecule has 1 aliphatic heterocycles. The molecule has 0 aromatic carbocycles. The van der Waals surface area contributed by atoms with E-state index in [2.05, 4.69) is 38.2 Å². The maximum atomic E-state index is 5.88. The van der Waals surface area contributed by atoms with Crippen molar-refractivity contribution in [3.8, 4) is 0 Å². The molecule has 1 heterocycles. The summed E-state index contributed by atoms with van der Waals surface area (Å²) in [7, 11) is 6.08. The lowest BCUT2D eigenvalue weighted by Crippen LogP contribution is -2.51. The van der Waals surface area contributed by atoms with E-state index in [1.54, 1.807) is 7.11 Å². The highest BCUT2D eigenvalue weighted by Crippen LogP contribution is 2.38. The molecule has 0 aromatic heterocycles. The fourth-order valence-corrected chi connectivity index (χ4v) is 3.29. The zero-order valence-electron chi connectivity index (χ0n) is 13.4. The van der Waals surface area contributed by atoms with Crippen molar-refractivity contribution in [3.63, 3.8) is 0 Å². The first-order valence-electron chi connectivity index (χ1n) is 7.38. The van der Waals surface area contributed by atoms with E-state index in [0.717, 1.165) is 52.1 Å². The first kappa shape index (κ1) is 16.9. The average molecular weight is 272 g/mol. The Morgan fingerprint density at radius 3 is 2.63 bits per heavy atom. The van der Waals surface area contributed by atoms with Gasteiger partial charge in [-0.15, -0.1) is 0 Å². The standard InChI is InChI=1S/C15H32N2O2/c1-14(2)11-15(7-10-19-14,13-17(3)4)12-16-8-6-9-18-5/h16H,6-13H2,1-5H3/t15-/m0/s1. The predicted octanol–water partition coefficient (Wildman–Crippen LogP) is 1.75. The Balaban J connectivity index is 2.50. The zero-order chi connectivity index (χ0) is 14.4. The number of hydrogen-bond donors (Lipinski definition) is 1. The summed E-state index contributed by atoms with van der Waals surface area (Å²) < 4.78 is 11.0. The summed E-state index contributed by atoms with van der Waals surface area (Å²) in [5, 5.41) is 3.61. The van der Waals surface area contributed by atoms with Gasteiger partial charge in [-0.25, -0.2) is 0 Å². The molecular formula is C15H32N2O2. The molecule has 0 radical (unpaired) electrons.